The summed E-state index contributed by atoms with van der Waals surface area (Å²) in [6.45, 7) is 1.88. The second kappa shape index (κ2) is 5.99. The lowest BCUT2D eigenvalue weighted by atomic mass is 9.97. The highest BCUT2D eigenvalue weighted by Crippen LogP contribution is 2.30. The first-order valence-corrected chi connectivity index (χ1v) is 6.17. The van der Waals surface area contributed by atoms with Crippen molar-refractivity contribution in [3.8, 4) is 5.75 Å². The number of hydrogen-bond acceptors (Lipinski definition) is 3. The summed E-state index contributed by atoms with van der Waals surface area (Å²) in [5.41, 5.74) is 1.29. The third-order valence-corrected chi connectivity index (χ3v) is 3.09. The zero-order valence-corrected chi connectivity index (χ0v) is 11.1. The lowest BCUT2D eigenvalue weighted by molar-refractivity contribution is 0.0511. The summed E-state index contributed by atoms with van der Waals surface area (Å²) in [6, 6.07) is 6.69. The predicted molar refractivity (Wildman–Crippen MR) is 71.7 cm³/mol. The minimum atomic E-state index is -0.241. The van der Waals surface area contributed by atoms with Crippen LogP contribution in [-0.2, 0) is 17.8 Å². The highest BCUT2D eigenvalue weighted by molar-refractivity contribution is 5.90. The van der Waals surface area contributed by atoms with E-state index in [0.717, 1.165) is 10.8 Å². The molecule has 0 bridgehead atoms. The number of methoxy groups -OCH3 is 1. The van der Waals surface area contributed by atoms with Crippen LogP contribution in [0.1, 0.15) is 18.1 Å². The standard InChI is InChI=1S/C15H17FO3/c1-3-13-14(16)5-4-10-6-12(19-9-18-2)7-11(8-17)15(10)13/h4-7,17H,3,8-9H2,1-2H3. The smallest absolute Gasteiger partial charge is 0.188 e. The van der Waals surface area contributed by atoms with Gasteiger partial charge in [0.2, 0.25) is 0 Å². The molecule has 0 aromatic heterocycles. The topological polar surface area (TPSA) is 38.7 Å². The number of rotatable bonds is 5. The van der Waals surface area contributed by atoms with Crippen molar-refractivity contribution in [2.75, 3.05) is 13.9 Å². The average Bonchev–Trinajstić information content (AvgIpc) is 2.44. The van der Waals surface area contributed by atoms with Gasteiger partial charge in [0.05, 0.1) is 6.61 Å². The molecule has 0 amide bonds. The van der Waals surface area contributed by atoms with Crippen molar-refractivity contribution < 1.29 is 19.0 Å². The van der Waals surface area contributed by atoms with Crippen LogP contribution >= 0.6 is 0 Å². The molecule has 1 N–H and O–H groups in total. The second-order valence-corrected chi connectivity index (χ2v) is 4.27. The number of fused-ring (bicyclic) bond motifs is 1. The Morgan fingerprint density at radius 2 is 2.05 bits per heavy atom. The highest BCUT2D eigenvalue weighted by atomic mass is 19.1. The normalized spacial score (nSPS) is 10.9. The van der Waals surface area contributed by atoms with Crippen molar-refractivity contribution in [3.05, 3.63) is 41.2 Å². The van der Waals surface area contributed by atoms with Crippen LogP contribution in [0, 0.1) is 5.82 Å². The summed E-state index contributed by atoms with van der Waals surface area (Å²) in [7, 11) is 1.54. The Bertz CT molecular complexity index is 581. The third-order valence-electron chi connectivity index (χ3n) is 3.09. The van der Waals surface area contributed by atoms with Crippen LogP contribution in [0.4, 0.5) is 4.39 Å². The monoisotopic (exact) mass is 264 g/mol. The first-order chi connectivity index (χ1) is 9.21. The van der Waals surface area contributed by atoms with Crippen LogP contribution in [0.3, 0.4) is 0 Å². The molecule has 0 aliphatic heterocycles. The summed E-state index contributed by atoms with van der Waals surface area (Å²) in [5, 5.41) is 11.1. The van der Waals surface area contributed by atoms with E-state index in [0.29, 0.717) is 23.3 Å². The molecule has 0 saturated heterocycles. The van der Waals surface area contributed by atoms with Gasteiger partial charge in [-0.1, -0.05) is 13.0 Å². The molecule has 0 spiro atoms. The van der Waals surface area contributed by atoms with Crippen molar-refractivity contribution in [1.29, 1.82) is 0 Å². The number of aliphatic hydroxyl groups is 1. The maximum atomic E-state index is 13.8. The molecule has 0 heterocycles. The first-order valence-electron chi connectivity index (χ1n) is 6.17. The van der Waals surface area contributed by atoms with E-state index in [4.69, 9.17) is 9.47 Å². The zero-order chi connectivity index (χ0) is 13.8. The molecular formula is C15H17FO3. The Morgan fingerprint density at radius 1 is 1.26 bits per heavy atom. The molecule has 0 atom stereocenters. The molecule has 2 rings (SSSR count). The highest BCUT2D eigenvalue weighted by Gasteiger charge is 2.11. The maximum absolute atomic E-state index is 13.8. The van der Waals surface area contributed by atoms with Gasteiger partial charge in [-0.05, 0) is 46.5 Å². The Morgan fingerprint density at radius 3 is 2.68 bits per heavy atom. The van der Waals surface area contributed by atoms with Gasteiger partial charge in [0.25, 0.3) is 0 Å². The molecule has 4 heteroatoms. The number of benzene rings is 2. The van der Waals surface area contributed by atoms with E-state index < -0.39 is 0 Å². The van der Waals surface area contributed by atoms with Gasteiger partial charge in [-0.3, -0.25) is 0 Å². The van der Waals surface area contributed by atoms with Crippen molar-refractivity contribution in [2.45, 2.75) is 20.0 Å². The quantitative estimate of drug-likeness (QED) is 0.844. The number of hydrogen-bond donors (Lipinski definition) is 1. The maximum Gasteiger partial charge on any atom is 0.188 e. The fraction of sp³-hybridized carbons (Fsp3) is 0.333. The fourth-order valence-corrected chi connectivity index (χ4v) is 2.26. The summed E-state index contributed by atoms with van der Waals surface area (Å²) in [6.07, 6.45) is 0.578. The molecular weight excluding hydrogens is 247 g/mol. The van der Waals surface area contributed by atoms with Crippen LogP contribution in [0.15, 0.2) is 24.3 Å². The Kier molecular flexibility index (Phi) is 4.35. The minimum absolute atomic E-state index is 0.137. The van der Waals surface area contributed by atoms with Crippen molar-refractivity contribution >= 4 is 10.8 Å². The SMILES string of the molecule is CCc1c(F)ccc2cc(OCOC)cc(CO)c12. The molecule has 102 valence electrons. The zero-order valence-electron chi connectivity index (χ0n) is 11.1. The number of aryl methyl sites for hydroxylation is 1. The summed E-state index contributed by atoms with van der Waals surface area (Å²) in [5.74, 6) is 0.363. The van der Waals surface area contributed by atoms with Crippen LogP contribution in [0.5, 0.6) is 5.75 Å². The van der Waals surface area contributed by atoms with Crippen LogP contribution in [0.25, 0.3) is 10.8 Å². The molecule has 0 aliphatic rings. The molecule has 3 nitrogen and oxygen atoms in total. The molecule has 0 radical (unpaired) electrons. The van der Waals surface area contributed by atoms with Crippen molar-refractivity contribution in [1.82, 2.24) is 0 Å². The summed E-state index contributed by atoms with van der Waals surface area (Å²) in [4.78, 5) is 0. The van der Waals surface area contributed by atoms with Gasteiger partial charge in [0.1, 0.15) is 11.6 Å². The molecule has 2 aromatic rings. The van der Waals surface area contributed by atoms with E-state index in [-0.39, 0.29) is 19.2 Å². The molecule has 19 heavy (non-hydrogen) atoms. The molecule has 0 fully saturated rings. The lowest BCUT2D eigenvalue weighted by Crippen LogP contribution is -2.01. The van der Waals surface area contributed by atoms with E-state index in [1.165, 1.54) is 6.07 Å². The molecule has 0 unspecified atom stereocenters. The third kappa shape index (κ3) is 2.69. The van der Waals surface area contributed by atoms with Gasteiger partial charge in [-0.15, -0.1) is 0 Å². The van der Waals surface area contributed by atoms with Gasteiger partial charge in [-0.2, -0.15) is 0 Å². The number of halogens is 1. The molecule has 0 saturated carbocycles. The van der Waals surface area contributed by atoms with Crippen LogP contribution < -0.4 is 4.74 Å². The van der Waals surface area contributed by atoms with E-state index >= 15 is 0 Å². The van der Waals surface area contributed by atoms with E-state index in [1.807, 2.05) is 13.0 Å². The number of ether oxygens (including phenoxy) is 2. The van der Waals surface area contributed by atoms with Crippen molar-refractivity contribution in [2.24, 2.45) is 0 Å². The Balaban J connectivity index is 2.62. The summed E-state index contributed by atoms with van der Waals surface area (Å²) < 4.78 is 24.0. The Labute approximate surface area is 111 Å². The number of aliphatic hydroxyl groups excluding tert-OH is 1. The van der Waals surface area contributed by atoms with Gasteiger partial charge in [-0.25, -0.2) is 4.39 Å². The van der Waals surface area contributed by atoms with Crippen molar-refractivity contribution in [3.63, 3.8) is 0 Å². The fourth-order valence-electron chi connectivity index (χ4n) is 2.26. The van der Waals surface area contributed by atoms with Gasteiger partial charge in [0, 0.05) is 7.11 Å². The van der Waals surface area contributed by atoms with Crippen LogP contribution in [-0.4, -0.2) is 19.0 Å². The second-order valence-electron chi connectivity index (χ2n) is 4.27. The van der Waals surface area contributed by atoms with Gasteiger partial charge >= 0.3 is 0 Å². The molecule has 0 aliphatic carbocycles. The lowest BCUT2D eigenvalue weighted by Gasteiger charge is -2.13. The first kappa shape index (κ1) is 13.8. The van der Waals surface area contributed by atoms with Crippen LogP contribution in [0.2, 0.25) is 0 Å². The predicted octanol–water partition coefficient (Wildman–Crippen LogP) is 3.02. The van der Waals surface area contributed by atoms with Gasteiger partial charge < -0.3 is 14.6 Å². The minimum Gasteiger partial charge on any atom is -0.468 e. The van der Waals surface area contributed by atoms with E-state index in [2.05, 4.69) is 0 Å². The van der Waals surface area contributed by atoms with Gasteiger partial charge in [0.15, 0.2) is 6.79 Å². The Hall–Kier alpha value is -1.65. The van der Waals surface area contributed by atoms with E-state index in [9.17, 15) is 9.50 Å². The largest absolute Gasteiger partial charge is 0.468 e. The molecule has 2 aromatic carbocycles. The average molecular weight is 264 g/mol. The van der Waals surface area contributed by atoms with E-state index in [1.54, 1.807) is 19.2 Å². The summed E-state index contributed by atoms with van der Waals surface area (Å²) >= 11 is 0.